The first-order chi connectivity index (χ1) is 21.2. The van der Waals surface area contributed by atoms with Crippen molar-refractivity contribution in [1.29, 1.82) is 0 Å². The second kappa shape index (κ2) is 12.7. The van der Waals surface area contributed by atoms with Gasteiger partial charge in [0.25, 0.3) is 0 Å². The van der Waals surface area contributed by atoms with Crippen LogP contribution in [0.1, 0.15) is 79.4 Å². The zero-order chi connectivity index (χ0) is 31.0. The van der Waals surface area contributed by atoms with Crippen molar-refractivity contribution in [3.05, 3.63) is 43.9 Å². The number of amides is 1. The van der Waals surface area contributed by atoms with Crippen molar-refractivity contribution in [3.63, 3.8) is 0 Å². The second-order valence-electron chi connectivity index (χ2n) is 13.1. The van der Waals surface area contributed by atoms with Gasteiger partial charge in [0.2, 0.25) is 5.91 Å². The van der Waals surface area contributed by atoms with Crippen molar-refractivity contribution in [2.24, 2.45) is 28.3 Å². The molecule has 3 fully saturated rings. The molecule has 4 aliphatic rings. The first kappa shape index (κ1) is 30.9. The molecule has 0 bridgehead atoms. The van der Waals surface area contributed by atoms with Gasteiger partial charge < -0.3 is 20.0 Å². The van der Waals surface area contributed by atoms with Gasteiger partial charge in [0.05, 0.1) is 23.8 Å². The molecule has 12 heteroatoms. The van der Waals surface area contributed by atoms with E-state index in [1.807, 2.05) is 6.92 Å². The molecule has 44 heavy (non-hydrogen) atoms. The monoisotopic (exact) mass is 625 g/mol. The van der Waals surface area contributed by atoms with E-state index in [1.165, 1.54) is 11.3 Å². The smallest absolute Gasteiger partial charge is 0.314 e. The van der Waals surface area contributed by atoms with Crippen LogP contribution in [0.2, 0.25) is 0 Å². The summed E-state index contributed by atoms with van der Waals surface area (Å²) in [6.45, 7) is 7.48. The van der Waals surface area contributed by atoms with E-state index in [0.717, 1.165) is 67.8 Å². The molecule has 1 saturated heterocycles. The third kappa shape index (κ3) is 5.83. The van der Waals surface area contributed by atoms with Gasteiger partial charge in [-0.25, -0.2) is 4.98 Å². The van der Waals surface area contributed by atoms with E-state index in [9.17, 15) is 20.0 Å². The Labute approximate surface area is 262 Å². The number of rotatable bonds is 9. The van der Waals surface area contributed by atoms with Crippen molar-refractivity contribution in [3.8, 4) is 5.75 Å². The molecule has 11 nitrogen and oxygen atoms in total. The number of aromatic hydroxyl groups is 1. The molecule has 5 atom stereocenters. The highest BCUT2D eigenvalue weighted by Gasteiger charge is 2.58. The lowest BCUT2D eigenvalue weighted by molar-refractivity contribution is -0.386. The van der Waals surface area contributed by atoms with E-state index in [4.69, 9.17) is 9.57 Å². The highest BCUT2D eigenvalue weighted by Crippen LogP contribution is 2.63. The Balaban J connectivity index is 1.26. The Morgan fingerprint density at radius 1 is 1.36 bits per heavy atom. The number of fused-ring (bicyclic) bond motifs is 5. The van der Waals surface area contributed by atoms with Gasteiger partial charge in [-0.1, -0.05) is 12.1 Å². The number of carbonyl (C=O) groups is 1. The number of anilines is 1. The van der Waals surface area contributed by atoms with Gasteiger partial charge in [0.15, 0.2) is 10.9 Å². The number of oxime groups is 1. The lowest BCUT2D eigenvalue weighted by Crippen LogP contribution is -2.44. The SMILES string of the molecule is CO/N=C1\C[C@@H](CCCC(=O)Nc2ncc(C)s2)C2C3CCc4c(cc(CN5CCOCC5)c(O)c4[N+](=O)[O-])C3CC[C@]12C. The number of phenols is 1. The van der Waals surface area contributed by atoms with E-state index >= 15 is 0 Å². The van der Waals surface area contributed by atoms with Crippen molar-refractivity contribution in [2.45, 2.75) is 77.7 Å². The van der Waals surface area contributed by atoms with Gasteiger partial charge in [-0.15, -0.1) is 11.3 Å². The number of phenolic OH excluding ortho intramolecular Hbond substituents is 1. The van der Waals surface area contributed by atoms with Gasteiger partial charge in [0, 0.05) is 53.7 Å². The fourth-order valence-corrected chi connectivity index (χ4v) is 9.47. The standard InChI is InChI=1S/C32H43N5O6S/c1-19-17-33-31(44-19)34-27(38)6-4-5-20-16-26(35-42-3)32(2)10-9-22-23(28(20)32)7-8-24-25(22)15-21(30(39)29(24)37(40)41)18-36-11-13-43-14-12-36/h15,17,20,22-23,28,39H,4-14,16,18H2,1-3H3,(H,33,34,38)/b35-26+/t20-,22?,23?,28?,32-/m1/s1. The summed E-state index contributed by atoms with van der Waals surface area (Å²) in [5, 5.41) is 31.6. The Morgan fingerprint density at radius 2 is 2.16 bits per heavy atom. The van der Waals surface area contributed by atoms with Crippen LogP contribution in [0.25, 0.3) is 0 Å². The van der Waals surface area contributed by atoms with Gasteiger partial charge in [-0.3, -0.25) is 19.8 Å². The topological polar surface area (TPSA) is 139 Å². The van der Waals surface area contributed by atoms with E-state index in [2.05, 4.69) is 33.3 Å². The molecule has 2 saturated carbocycles. The Hall–Kier alpha value is -3.09. The Morgan fingerprint density at radius 3 is 2.86 bits per heavy atom. The van der Waals surface area contributed by atoms with Crippen molar-refractivity contribution < 1.29 is 24.4 Å². The van der Waals surface area contributed by atoms with Crippen LogP contribution in [0.5, 0.6) is 5.75 Å². The normalized spacial score (nSPS) is 29.1. The van der Waals surface area contributed by atoms with Crippen molar-refractivity contribution in [1.82, 2.24) is 9.88 Å². The number of thiazole rings is 1. The lowest BCUT2D eigenvalue weighted by atomic mass is 9.53. The summed E-state index contributed by atoms with van der Waals surface area (Å²) < 4.78 is 5.49. The average molecular weight is 626 g/mol. The number of hydrogen-bond donors (Lipinski definition) is 2. The van der Waals surface area contributed by atoms with Crippen LogP contribution in [-0.4, -0.2) is 64.9 Å². The molecule has 1 aromatic heterocycles. The van der Waals surface area contributed by atoms with Gasteiger partial charge in [-0.2, -0.15) is 0 Å². The fourth-order valence-electron chi connectivity index (χ4n) is 8.79. The zero-order valence-electron chi connectivity index (χ0n) is 25.8. The molecule has 2 N–H and O–H groups in total. The molecule has 1 amide bonds. The maximum atomic E-state index is 12.7. The lowest BCUT2D eigenvalue weighted by Gasteiger charge is -2.50. The Kier molecular flexibility index (Phi) is 8.94. The quantitative estimate of drug-likeness (QED) is 0.264. The molecule has 0 spiro atoms. The number of morpholine rings is 1. The minimum absolute atomic E-state index is 0.0149. The minimum Gasteiger partial charge on any atom is -0.502 e. The number of nitro benzene ring substituents is 1. The van der Waals surface area contributed by atoms with E-state index in [-0.39, 0.29) is 33.6 Å². The van der Waals surface area contributed by atoms with Gasteiger partial charge in [0.1, 0.15) is 7.11 Å². The molecule has 2 aromatic rings. The van der Waals surface area contributed by atoms with Crippen LogP contribution >= 0.6 is 11.3 Å². The number of benzene rings is 1. The molecule has 3 aliphatic carbocycles. The highest BCUT2D eigenvalue weighted by atomic mass is 32.1. The largest absolute Gasteiger partial charge is 0.502 e. The highest BCUT2D eigenvalue weighted by molar-refractivity contribution is 7.15. The molecule has 3 unspecified atom stereocenters. The molecule has 1 aliphatic heterocycles. The summed E-state index contributed by atoms with van der Waals surface area (Å²) in [6.07, 6.45) is 7.96. The summed E-state index contributed by atoms with van der Waals surface area (Å²) >= 11 is 1.48. The number of nitrogens with zero attached hydrogens (tertiary/aromatic N) is 4. The van der Waals surface area contributed by atoms with Crippen molar-refractivity contribution >= 4 is 33.8 Å². The molecule has 0 radical (unpaired) electrons. The number of carbonyl (C=O) groups excluding carboxylic acids is 1. The van der Waals surface area contributed by atoms with Crippen molar-refractivity contribution in [2.75, 3.05) is 38.7 Å². The number of aryl methyl sites for hydroxylation is 1. The van der Waals surface area contributed by atoms with E-state index in [1.54, 1.807) is 13.3 Å². The number of hydrogen-bond acceptors (Lipinski definition) is 10. The summed E-state index contributed by atoms with van der Waals surface area (Å²) in [7, 11) is 1.60. The van der Waals surface area contributed by atoms with Crippen LogP contribution in [0.3, 0.4) is 0 Å². The van der Waals surface area contributed by atoms with Crippen LogP contribution in [0.4, 0.5) is 10.8 Å². The molecular weight excluding hydrogens is 582 g/mol. The summed E-state index contributed by atoms with van der Waals surface area (Å²) in [5.74, 6) is 1.00. The van der Waals surface area contributed by atoms with E-state index in [0.29, 0.717) is 66.6 Å². The van der Waals surface area contributed by atoms with Crippen LogP contribution in [-0.2, 0) is 27.3 Å². The first-order valence-electron chi connectivity index (χ1n) is 15.8. The molecule has 238 valence electrons. The molecule has 6 rings (SSSR count). The van der Waals surface area contributed by atoms with Crippen LogP contribution in [0, 0.1) is 40.2 Å². The molecule has 1 aromatic carbocycles. The number of nitro groups is 1. The maximum Gasteiger partial charge on any atom is 0.314 e. The summed E-state index contributed by atoms with van der Waals surface area (Å²) in [4.78, 5) is 37.5. The van der Waals surface area contributed by atoms with Crippen LogP contribution < -0.4 is 5.32 Å². The van der Waals surface area contributed by atoms with Gasteiger partial charge in [-0.05, 0) is 87.2 Å². The predicted molar refractivity (Wildman–Crippen MR) is 168 cm³/mol. The summed E-state index contributed by atoms with van der Waals surface area (Å²) in [6, 6.07) is 2.07. The van der Waals surface area contributed by atoms with E-state index < -0.39 is 0 Å². The minimum atomic E-state index is -0.385. The average Bonchev–Trinajstić information content (AvgIpc) is 3.53. The number of ether oxygens (including phenoxy) is 1. The predicted octanol–water partition coefficient (Wildman–Crippen LogP) is 5.79. The second-order valence-corrected chi connectivity index (χ2v) is 14.4. The third-order valence-corrected chi connectivity index (χ3v) is 11.5. The number of aromatic nitrogens is 1. The first-order valence-corrected chi connectivity index (χ1v) is 16.7. The fraction of sp³-hybridized carbons (Fsp3) is 0.656. The Bertz CT molecular complexity index is 1440. The van der Waals surface area contributed by atoms with Crippen LogP contribution in [0.15, 0.2) is 17.4 Å². The summed E-state index contributed by atoms with van der Waals surface area (Å²) in [5.41, 5.74) is 3.27. The number of nitrogens with one attached hydrogen (secondary N) is 1. The third-order valence-electron chi connectivity index (χ3n) is 10.7. The zero-order valence-corrected chi connectivity index (χ0v) is 26.7. The van der Waals surface area contributed by atoms with Gasteiger partial charge >= 0.3 is 5.69 Å². The molecule has 2 heterocycles. The maximum absolute atomic E-state index is 12.7. The molecular formula is C32H43N5O6S.